The van der Waals surface area contributed by atoms with E-state index in [-0.39, 0.29) is 5.69 Å². The van der Waals surface area contributed by atoms with Crippen molar-refractivity contribution >= 4 is 21.4 Å². The maximum absolute atomic E-state index is 13.5. The minimum Gasteiger partial charge on any atom is -0.272 e. The summed E-state index contributed by atoms with van der Waals surface area (Å²) in [6, 6.07) is 6.13. The predicted octanol–water partition coefficient (Wildman–Crippen LogP) is 2.24. The van der Waals surface area contributed by atoms with E-state index in [1.54, 1.807) is 6.92 Å². The molecule has 1 aromatic carbocycles. The first-order valence-corrected chi connectivity index (χ1v) is 7.18. The summed E-state index contributed by atoms with van der Waals surface area (Å²) >= 11 is 0. The molecule has 110 valence electrons. The number of halogens is 1. The molecule has 2 aromatic rings. The van der Waals surface area contributed by atoms with Crippen LogP contribution in [-0.2, 0) is 10.0 Å². The molecular formula is C12H10FN3O4S. The van der Waals surface area contributed by atoms with Crippen molar-refractivity contribution in [1.82, 2.24) is 4.98 Å². The number of aromatic nitrogens is 1. The molecule has 0 atom stereocenters. The Labute approximate surface area is 119 Å². The zero-order chi connectivity index (χ0) is 15.6. The topological polar surface area (TPSA) is 102 Å². The van der Waals surface area contributed by atoms with E-state index in [0.29, 0.717) is 5.56 Å². The van der Waals surface area contributed by atoms with Crippen LogP contribution in [0.15, 0.2) is 41.6 Å². The number of aryl methyl sites for hydroxylation is 1. The molecule has 0 unspecified atom stereocenters. The number of hydrogen-bond acceptors (Lipinski definition) is 5. The molecular weight excluding hydrogens is 301 g/mol. The average Bonchev–Trinajstić information content (AvgIpc) is 2.40. The van der Waals surface area contributed by atoms with Crippen LogP contribution in [-0.4, -0.2) is 18.3 Å². The van der Waals surface area contributed by atoms with E-state index in [9.17, 15) is 22.9 Å². The standard InChI is InChI=1S/C12H10FN3O4S/c1-8-4-5-10(11(7-8)16(17)18)15-21(19,20)12-9(13)3-2-6-14-12/h2-7,15H,1H3. The predicted molar refractivity (Wildman–Crippen MR) is 72.8 cm³/mol. The zero-order valence-corrected chi connectivity index (χ0v) is 11.6. The first-order chi connectivity index (χ1) is 9.81. The Morgan fingerprint density at radius 1 is 1.33 bits per heavy atom. The number of pyridine rings is 1. The highest BCUT2D eigenvalue weighted by atomic mass is 32.2. The normalized spacial score (nSPS) is 11.1. The van der Waals surface area contributed by atoms with Gasteiger partial charge < -0.3 is 0 Å². The van der Waals surface area contributed by atoms with Crippen molar-refractivity contribution in [3.05, 3.63) is 58.0 Å². The Bertz CT molecular complexity index is 808. The number of benzene rings is 1. The molecule has 0 amide bonds. The van der Waals surface area contributed by atoms with E-state index in [4.69, 9.17) is 0 Å². The van der Waals surface area contributed by atoms with Gasteiger partial charge in [-0.15, -0.1) is 0 Å². The van der Waals surface area contributed by atoms with E-state index in [1.807, 2.05) is 4.72 Å². The molecule has 7 nitrogen and oxygen atoms in total. The molecule has 1 heterocycles. The van der Waals surface area contributed by atoms with Crippen LogP contribution in [0, 0.1) is 22.9 Å². The summed E-state index contributed by atoms with van der Waals surface area (Å²) in [4.78, 5) is 13.7. The molecule has 0 aliphatic rings. The summed E-state index contributed by atoms with van der Waals surface area (Å²) in [5.74, 6) is -1.04. The summed E-state index contributed by atoms with van der Waals surface area (Å²) < 4.78 is 39.6. The first-order valence-electron chi connectivity index (χ1n) is 5.69. The lowest BCUT2D eigenvalue weighted by atomic mass is 10.2. The third-order valence-corrected chi connectivity index (χ3v) is 3.87. The summed E-state index contributed by atoms with van der Waals surface area (Å²) in [5, 5.41) is 10.1. The maximum Gasteiger partial charge on any atom is 0.293 e. The van der Waals surface area contributed by atoms with Crippen LogP contribution in [0.3, 0.4) is 0 Å². The second-order valence-corrected chi connectivity index (χ2v) is 5.77. The van der Waals surface area contributed by atoms with Gasteiger partial charge in [0.05, 0.1) is 4.92 Å². The quantitative estimate of drug-likeness (QED) is 0.689. The Balaban J connectivity index is 2.47. The van der Waals surface area contributed by atoms with Crippen molar-refractivity contribution in [2.24, 2.45) is 0 Å². The van der Waals surface area contributed by atoms with Gasteiger partial charge in [0.1, 0.15) is 5.69 Å². The number of nitrogens with one attached hydrogen (secondary N) is 1. The second kappa shape index (κ2) is 5.44. The minimum atomic E-state index is -4.35. The lowest BCUT2D eigenvalue weighted by molar-refractivity contribution is -0.383. The lowest BCUT2D eigenvalue weighted by Gasteiger charge is -2.08. The lowest BCUT2D eigenvalue weighted by Crippen LogP contribution is -2.17. The third-order valence-electron chi connectivity index (χ3n) is 2.57. The molecule has 21 heavy (non-hydrogen) atoms. The van der Waals surface area contributed by atoms with Crippen molar-refractivity contribution in [2.45, 2.75) is 11.9 Å². The Kier molecular flexibility index (Phi) is 3.85. The average molecular weight is 311 g/mol. The molecule has 0 fully saturated rings. The molecule has 0 bridgehead atoms. The molecule has 0 saturated heterocycles. The van der Waals surface area contributed by atoms with Gasteiger partial charge in [0.15, 0.2) is 5.82 Å². The van der Waals surface area contributed by atoms with Crippen LogP contribution < -0.4 is 4.72 Å². The molecule has 0 spiro atoms. The van der Waals surface area contributed by atoms with Crippen LogP contribution in [0.1, 0.15) is 5.56 Å². The summed E-state index contributed by atoms with van der Waals surface area (Å²) in [5.41, 5.74) is -0.0840. The molecule has 2 rings (SSSR count). The molecule has 1 aromatic heterocycles. The fourth-order valence-corrected chi connectivity index (χ4v) is 2.72. The highest BCUT2D eigenvalue weighted by Crippen LogP contribution is 2.27. The molecule has 0 saturated carbocycles. The van der Waals surface area contributed by atoms with Gasteiger partial charge >= 0.3 is 0 Å². The monoisotopic (exact) mass is 311 g/mol. The number of rotatable bonds is 4. The number of sulfonamides is 1. The highest BCUT2D eigenvalue weighted by Gasteiger charge is 2.24. The largest absolute Gasteiger partial charge is 0.293 e. The third kappa shape index (κ3) is 3.14. The van der Waals surface area contributed by atoms with E-state index in [0.717, 1.165) is 12.3 Å². The fourth-order valence-electron chi connectivity index (χ4n) is 1.64. The van der Waals surface area contributed by atoms with E-state index in [1.165, 1.54) is 24.3 Å². The van der Waals surface area contributed by atoms with Gasteiger partial charge in [-0.25, -0.2) is 9.37 Å². The highest BCUT2D eigenvalue weighted by molar-refractivity contribution is 7.92. The van der Waals surface area contributed by atoms with Gasteiger partial charge in [-0.1, -0.05) is 6.07 Å². The van der Waals surface area contributed by atoms with Gasteiger partial charge in [0.2, 0.25) is 5.03 Å². The molecule has 0 aliphatic heterocycles. The number of nitro groups is 1. The van der Waals surface area contributed by atoms with Gasteiger partial charge in [0.25, 0.3) is 15.7 Å². The molecule has 0 radical (unpaired) electrons. The van der Waals surface area contributed by atoms with Crippen LogP contribution in [0.2, 0.25) is 0 Å². The maximum atomic E-state index is 13.5. The number of hydrogen-bond donors (Lipinski definition) is 1. The van der Waals surface area contributed by atoms with Gasteiger partial charge in [-0.3, -0.25) is 14.8 Å². The van der Waals surface area contributed by atoms with Crippen LogP contribution >= 0.6 is 0 Å². The number of nitrogens with zero attached hydrogens (tertiary/aromatic N) is 2. The van der Waals surface area contributed by atoms with Gasteiger partial charge in [0, 0.05) is 12.3 Å². The van der Waals surface area contributed by atoms with E-state index in [2.05, 4.69) is 4.98 Å². The van der Waals surface area contributed by atoms with Crippen LogP contribution in [0.4, 0.5) is 15.8 Å². The zero-order valence-electron chi connectivity index (χ0n) is 10.8. The Morgan fingerprint density at radius 2 is 2.05 bits per heavy atom. The Hall–Kier alpha value is -2.55. The first kappa shape index (κ1) is 14.9. The number of anilines is 1. The second-order valence-electron chi connectivity index (χ2n) is 4.17. The smallest absolute Gasteiger partial charge is 0.272 e. The summed E-state index contributed by atoms with van der Waals surface area (Å²) in [7, 11) is -4.35. The minimum absolute atomic E-state index is 0.254. The van der Waals surface area contributed by atoms with Crippen molar-refractivity contribution in [2.75, 3.05) is 4.72 Å². The van der Waals surface area contributed by atoms with Crippen molar-refractivity contribution in [3.8, 4) is 0 Å². The molecule has 9 heteroatoms. The van der Waals surface area contributed by atoms with Crippen LogP contribution in [0.5, 0.6) is 0 Å². The number of nitro benzene ring substituents is 1. The van der Waals surface area contributed by atoms with Crippen molar-refractivity contribution < 1.29 is 17.7 Å². The summed E-state index contributed by atoms with van der Waals surface area (Å²) in [6.07, 6.45) is 1.11. The van der Waals surface area contributed by atoms with Crippen molar-refractivity contribution in [3.63, 3.8) is 0 Å². The molecule has 1 N–H and O–H groups in total. The van der Waals surface area contributed by atoms with E-state index >= 15 is 0 Å². The summed E-state index contributed by atoms with van der Waals surface area (Å²) in [6.45, 7) is 1.63. The fraction of sp³-hybridized carbons (Fsp3) is 0.0833. The molecule has 0 aliphatic carbocycles. The SMILES string of the molecule is Cc1ccc(NS(=O)(=O)c2ncccc2F)c([N+](=O)[O-])c1. The van der Waals surface area contributed by atoms with Gasteiger partial charge in [-0.2, -0.15) is 8.42 Å². The van der Waals surface area contributed by atoms with Gasteiger partial charge in [-0.05, 0) is 30.7 Å². The van der Waals surface area contributed by atoms with Crippen molar-refractivity contribution in [1.29, 1.82) is 0 Å². The Morgan fingerprint density at radius 3 is 2.67 bits per heavy atom. The van der Waals surface area contributed by atoms with Crippen LogP contribution in [0.25, 0.3) is 0 Å². The van der Waals surface area contributed by atoms with E-state index < -0.39 is 31.5 Å².